The van der Waals surface area contributed by atoms with Crippen molar-refractivity contribution in [2.24, 2.45) is 5.73 Å². The van der Waals surface area contributed by atoms with Crippen molar-refractivity contribution in [1.82, 2.24) is 5.32 Å². The SMILES string of the molecule is CC1(CCN)CNC(=O)CO1. The Balaban J connectivity index is 2.41. The summed E-state index contributed by atoms with van der Waals surface area (Å²) in [6.07, 6.45) is 0.785. The van der Waals surface area contributed by atoms with E-state index in [9.17, 15) is 4.79 Å². The summed E-state index contributed by atoms with van der Waals surface area (Å²) in [5, 5.41) is 2.74. The van der Waals surface area contributed by atoms with E-state index in [1.54, 1.807) is 0 Å². The molecular formula is C7H14N2O2. The number of rotatable bonds is 2. The van der Waals surface area contributed by atoms with Gasteiger partial charge in [-0.15, -0.1) is 0 Å². The predicted octanol–water partition coefficient (Wildman–Crippen LogP) is -0.760. The molecule has 1 rings (SSSR count). The number of hydrogen-bond donors (Lipinski definition) is 2. The van der Waals surface area contributed by atoms with E-state index < -0.39 is 0 Å². The molecule has 1 aliphatic heterocycles. The fourth-order valence-corrected chi connectivity index (χ4v) is 1.09. The highest BCUT2D eigenvalue weighted by Crippen LogP contribution is 2.15. The zero-order chi connectivity index (χ0) is 8.32. The Bertz CT molecular complexity index is 149. The lowest BCUT2D eigenvalue weighted by Gasteiger charge is -2.33. The van der Waals surface area contributed by atoms with E-state index >= 15 is 0 Å². The average Bonchev–Trinajstić information content (AvgIpc) is 1.97. The molecule has 4 heteroatoms. The number of carbonyl (C=O) groups excluding carboxylic acids is 1. The molecule has 1 atom stereocenters. The summed E-state index contributed by atoms with van der Waals surface area (Å²) in [7, 11) is 0. The van der Waals surface area contributed by atoms with Gasteiger partial charge in [0.25, 0.3) is 0 Å². The minimum absolute atomic E-state index is 0.0421. The molecule has 0 aromatic carbocycles. The fourth-order valence-electron chi connectivity index (χ4n) is 1.09. The van der Waals surface area contributed by atoms with Crippen molar-refractivity contribution in [2.45, 2.75) is 18.9 Å². The van der Waals surface area contributed by atoms with Crippen molar-refractivity contribution in [3.8, 4) is 0 Å². The normalized spacial score (nSPS) is 31.6. The highest BCUT2D eigenvalue weighted by atomic mass is 16.5. The fraction of sp³-hybridized carbons (Fsp3) is 0.857. The summed E-state index contributed by atoms with van der Waals surface area (Å²) < 4.78 is 5.33. The van der Waals surface area contributed by atoms with Gasteiger partial charge in [0.15, 0.2) is 0 Å². The zero-order valence-electron chi connectivity index (χ0n) is 6.72. The summed E-state index contributed by atoms with van der Waals surface area (Å²) >= 11 is 0. The molecule has 64 valence electrons. The molecule has 3 N–H and O–H groups in total. The molecule has 1 amide bonds. The van der Waals surface area contributed by atoms with Crippen molar-refractivity contribution >= 4 is 5.91 Å². The summed E-state index contributed by atoms with van der Waals surface area (Å²) in [4.78, 5) is 10.7. The Morgan fingerprint density at radius 3 is 3.00 bits per heavy atom. The van der Waals surface area contributed by atoms with Gasteiger partial charge >= 0.3 is 0 Å². The number of ether oxygens (including phenoxy) is 1. The Morgan fingerprint density at radius 2 is 2.55 bits per heavy atom. The van der Waals surface area contributed by atoms with Crippen LogP contribution in [0.5, 0.6) is 0 Å². The predicted molar refractivity (Wildman–Crippen MR) is 41.0 cm³/mol. The van der Waals surface area contributed by atoms with E-state index in [1.807, 2.05) is 6.92 Å². The molecule has 0 aliphatic carbocycles. The molecule has 0 aromatic heterocycles. The number of amides is 1. The molecule has 0 radical (unpaired) electrons. The molecule has 0 bridgehead atoms. The first kappa shape index (κ1) is 8.49. The lowest BCUT2D eigenvalue weighted by molar-refractivity contribution is -0.142. The molecule has 1 aliphatic rings. The highest BCUT2D eigenvalue weighted by molar-refractivity contribution is 5.77. The molecule has 1 fully saturated rings. The van der Waals surface area contributed by atoms with E-state index in [1.165, 1.54) is 0 Å². The lowest BCUT2D eigenvalue weighted by atomic mass is 10.0. The van der Waals surface area contributed by atoms with Crippen LogP contribution in [0.1, 0.15) is 13.3 Å². The topological polar surface area (TPSA) is 64.3 Å². The Hall–Kier alpha value is -0.610. The van der Waals surface area contributed by atoms with E-state index in [-0.39, 0.29) is 18.1 Å². The van der Waals surface area contributed by atoms with Gasteiger partial charge in [0.2, 0.25) is 5.91 Å². The summed E-state index contributed by atoms with van der Waals surface area (Å²) in [6, 6.07) is 0. The van der Waals surface area contributed by atoms with Gasteiger partial charge in [-0.2, -0.15) is 0 Å². The Labute approximate surface area is 66.1 Å². The molecule has 1 saturated heterocycles. The second kappa shape index (κ2) is 3.19. The van der Waals surface area contributed by atoms with E-state index in [0.717, 1.165) is 6.42 Å². The van der Waals surface area contributed by atoms with Crippen molar-refractivity contribution in [3.05, 3.63) is 0 Å². The van der Waals surface area contributed by atoms with Gasteiger partial charge < -0.3 is 15.8 Å². The lowest BCUT2D eigenvalue weighted by Crippen LogP contribution is -2.51. The third-order valence-corrected chi connectivity index (χ3v) is 1.88. The van der Waals surface area contributed by atoms with Crippen LogP contribution in [0.4, 0.5) is 0 Å². The van der Waals surface area contributed by atoms with Crippen LogP contribution < -0.4 is 11.1 Å². The number of hydrogen-bond acceptors (Lipinski definition) is 3. The quantitative estimate of drug-likeness (QED) is 0.555. The molecule has 1 unspecified atom stereocenters. The van der Waals surface area contributed by atoms with Crippen LogP contribution in [0.25, 0.3) is 0 Å². The van der Waals surface area contributed by atoms with Crippen LogP contribution in [0, 0.1) is 0 Å². The molecule has 4 nitrogen and oxygen atoms in total. The van der Waals surface area contributed by atoms with Crippen LogP contribution in [0.2, 0.25) is 0 Å². The minimum atomic E-state index is -0.247. The van der Waals surface area contributed by atoms with Gasteiger partial charge in [-0.3, -0.25) is 4.79 Å². The largest absolute Gasteiger partial charge is 0.364 e. The average molecular weight is 158 g/mol. The zero-order valence-corrected chi connectivity index (χ0v) is 6.72. The third-order valence-electron chi connectivity index (χ3n) is 1.88. The summed E-state index contributed by atoms with van der Waals surface area (Å²) in [5.41, 5.74) is 5.14. The Kier molecular flexibility index (Phi) is 2.46. The van der Waals surface area contributed by atoms with Gasteiger partial charge in [-0.1, -0.05) is 0 Å². The third kappa shape index (κ3) is 2.17. The van der Waals surface area contributed by atoms with E-state index in [0.29, 0.717) is 13.1 Å². The summed E-state index contributed by atoms with van der Waals surface area (Å²) in [5.74, 6) is -0.0421. The van der Waals surface area contributed by atoms with Crippen LogP contribution in [-0.2, 0) is 9.53 Å². The van der Waals surface area contributed by atoms with Gasteiger partial charge in [0.05, 0.1) is 5.60 Å². The smallest absolute Gasteiger partial charge is 0.246 e. The second-order valence-electron chi connectivity index (χ2n) is 3.05. The molecule has 1 heterocycles. The maximum atomic E-state index is 10.7. The van der Waals surface area contributed by atoms with Crippen LogP contribution in [0.15, 0.2) is 0 Å². The van der Waals surface area contributed by atoms with E-state index in [2.05, 4.69) is 5.32 Å². The maximum Gasteiger partial charge on any atom is 0.246 e. The first-order valence-corrected chi connectivity index (χ1v) is 3.77. The molecule has 0 aromatic rings. The number of morpholine rings is 1. The van der Waals surface area contributed by atoms with Gasteiger partial charge in [0, 0.05) is 6.54 Å². The number of nitrogens with two attached hydrogens (primary N) is 1. The molecule has 11 heavy (non-hydrogen) atoms. The van der Waals surface area contributed by atoms with Crippen molar-refractivity contribution in [1.29, 1.82) is 0 Å². The van der Waals surface area contributed by atoms with Crippen molar-refractivity contribution in [3.63, 3.8) is 0 Å². The van der Waals surface area contributed by atoms with Crippen LogP contribution >= 0.6 is 0 Å². The van der Waals surface area contributed by atoms with Crippen LogP contribution in [-0.4, -0.2) is 31.2 Å². The standard InChI is InChI=1S/C7H14N2O2/c1-7(2-3-8)5-9-6(10)4-11-7/h2-5,8H2,1H3,(H,9,10). The van der Waals surface area contributed by atoms with Gasteiger partial charge in [0.1, 0.15) is 6.61 Å². The van der Waals surface area contributed by atoms with E-state index in [4.69, 9.17) is 10.5 Å². The van der Waals surface area contributed by atoms with Crippen molar-refractivity contribution < 1.29 is 9.53 Å². The molecular weight excluding hydrogens is 144 g/mol. The first-order valence-electron chi connectivity index (χ1n) is 3.77. The highest BCUT2D eigenvalue weighted by Gasteiger charge is 2.29. The first-order chi connectivity index (χ1) is 5.16. The molecule has 0 spiro atoms. The Morgan fingerprint density at radius 1 is 1.82 bits per heavy atom. The monoisotopic (exact) mass is 158 g/mol. The molecule has 0 saturated carbocycles. The van der Waals surface area contributed by atoms with Crippen LogP contribution in [0.3, 0.4) is 0 Å². The summed E-state index contributed by atoms with van der Waals surface area (Å²) in [6.45, 7) is 3.28. The number of nitrogens with one attached hydrogen (secondary N) is 1. The maximum absolute atomic E-state index is 10.7. The second-order valence-corrected chi connectivity index (χ2v) is 3.05. The van der Waals surface area contributed by atoms with Crippen molar-refractivity contribution in [2.75, 3.05) is 19.7 Å². The van der Waals surface area contributed by atoms with Gasteiger partial charge in [-0.25, -0.2) is 0 Å². The number of carbonyl (C=O) groups is 1. The minimum Gasteiger partial charge on any atom is -0.364 e. The van der Waals surface area contributed by atoms with Gasteiger partial charge in [-0.05, 0) is 19.9 Å².